The van der Waals surface area contributed by atoms with E-state index in [-0.39, 0.29) is 5.70 Å². The highest BCUT2D eigenvalue weighted by molar-refractivity contribution is 6.31. The van der Waals surface area contributed by atoms with E-state index >= 15 is 0 Å². The number of fused-ring (bicyclic) bond motifs is 1. The number of aromatic nitrogens is 3. The lowest BCUT2D eigenvalue weighted by molar-refractivity contribution is -0.132. The fourth-order valence-electron chi connectivity index (χ4n) is 2.16. The average molecular weight is 291 g/mol. The highest BCUT2D eigenvalue weighted by Gasteiger charge is 2.27. The van der Waals surface area contributed by atoms with E-state index < -0.39 is 12.0 Å². The standard InChI is InChI=1S/C13H11ClN4O2/c1-7-15-13-16-10(12(19)20)6-11(18(13)17-7)8-4-2-3-5-9(8)14/h2-6,11H,1H3,(H,19,20)(H,15,16,17)/t11-/m0/s1. The third-order valence-electron chi connectivity index (χ3n) is 3.03. The van der Waals surface area contributed by atoms with Crippen LogP contribution in [0.15, 0.2) is 36.0 Å². The van der Waals surface area contributed by atoms with E-state index in [9.17, 15) is 9.90 Å². The van der Waals surface area contributed by atoms with Crippen LogP contribution in [0.25, 0.3) is 0 Å². The van der Waals surface area contributed by atoms with Crippen molar-refractivity contribution in [2.75, 3.05) is 5.32 Å². The smallest absolute Gasteiger partial charge is 0.352 e. The van der Waals surface area contributed by atoms with E-state index in [0.717, 1.165) is 5.56 Å². The van der Waals surface area contributed by atoms with Gasteiger partial charge in [-0.3, -0.25) is 0 Å². The zero-order chi connectivity index (χ0) is 14.3. The second-order valence-corrected chi connectivity index (χ2v) is 4.81. The molecule has 6 nitrogen and oxygen atoms in total. The Morgan fingerprint density at radius 3 is 2.90 bits per heavy atom. The maximum absolute atomic E-state index is 11.2. The molecule has 102 valence electrons. The van der Waals surface area contributed by atoms with Gasteiger partial charge in [0.2, 0.25) is 5.95 Å². The van der Waals surface area contributed by atoms with Gasteiger partial charge in [-0.05, 0) is 24.6 Å². The lowest BCUT2D eigenvalue weighted by Crippen LogP contribution is -2.24. The van der Waals surface area contributed by atoms with E-state index in [0.29, 0.717) is 16.8 Å². The van der Waals surface area contributed by atoms with Gasteiger partial charge in [-0.1, -0.05) is 29.8 Å². The van der Waals surface area contributed by atoms with Crippen LogP contribution < -0.4 is 5.32 Å². The molecule has 1 aliphatic rings. The molecule has 1 aromatic carbocycles. The van der Waals surface area contributed by atoms with Gasteiger partial charge in [0.25, 0.3) is 0 Å². The van der Waals surface area contributed by atoms with Crippen LogP contribution in [-0.2, 0) is 4.79 Å². The van der Waals surface area contributed by atoms with Crippen LogP contribution in [-0.4, -0.2) is 25.8 Å². The van der Waals surface area contributed by atoms with Crippen LogP contribution in [0.4, 0.5) is 5.95 Å². The van der Waals surface area contributed by atoms with Crippen molar-refractivity contribution in [1.82, 2.24) is 14.8 Å². The summed E-state index contributed by atoms with van der Waals surface area (Å²) < 4.78 is 1.63. The minimum Gasteiger partial charge on any atom is -0.477 e. The lowest BCUT2D eigenvalue weighted by atomic mass is 10.0. The molecule has 0 saturated heterocycles. The molecule has 2 N–H and O–H groups in total. The topological polar surface area (TPSA) is 80.0 Å². The predicted octanol–water partition coefficient (Wildman–Crippen LogP) is 2.22. The van der Waals surface area contributed by atoms with Gasteiger partial charge in [-0.2, -0.15) is 10.1 Å². The van der Waals surface area contributed by atoms with Crippen LogP contribution in [0.1, 0.15) is 17.4 Å². The Hall–Kier alpha value is -2.34. The number of carboxylic acids is 1. The number of anilines is 1. The van der Waals surface area contributed by atoms with Crippen molar-refractivity contribution in [3.8, 4) is 0 Å². The maximum Gasteiger partial charge on any atom is 0.352 e. The third-order valence-corrected chi connectivity index (χ3v) is 3.37. The van der Waals surface area contributed by atoms with Gasteiger partial charge in [-0.25, -0.2) is 9.48 Å². The normalized spacial score (nSPS) is 17.1. The van der Waals surface area contributed by atoms with Gasteiger partial charge in [0.1, 0.15) is 17.6 Å². The van der Waals surface area contributed by atoms with E-state index in [4.69, 9.17) is 11.6 Å². The number of nitrogens with zero attached hydrogens (tertiary/aromatic N) is 3. The molecule has 7 heteroatoms. The number of rotatable bonds is 2. The van der Waals surface area contributed by atoms with E-state index in [1.807, 2.05) is 18.2 Å². The number of halogens is 1. The number of hydrogen-bond donors (Lipinski definition) is 2. The van der Waals surface area contributed by atoms with Crippen molar-refractivity contribution in [2.24, 2.45) is 0 Å². The first-order valence-corrected chi connectivity index (χ1v) is 6.34. The number of hydrogen-bond acceptors (Lipinski definition) is 4. The van der Waals surface area contributed by atoms with Crippen LogP contribution >= 0.6 is 11.6 Å². The Labute approximate surface area is 119 Å². The number of aliphatic carboxylic acids is 1. The minimum absolute atomic E-state index is 0.0646. The molecule has 0 unspecified atom stereocenters. The zero-order valence-electron chi connectivity index (χ0n) is 10.5. The maximum atomic E-state index is 11.2. The summed E-state index contributed by atoms with van der Waals surface area (Å²) in [6.45, 7) is 1.75. The number of aryl methyl sites for hydroxylation is 1. The third kappa shape index (κ3) is 2.04. The fourth-order valence-corrected chi connectivity index (χ4v) is 2.41. The summed E-state index contributed by atoms with van der Waals surface area (Å²) in [4.78, 5) is 15.4. The zero-order valence-corrected chi connectivity index (χ0v) is 11.3. The van der Waals surface area contributed by atoms with Crippen LogP contribution in [0.5, 0.6) is 0 Å². The molecule has 0 spiro atoms. The number of nitrogens with one attached hydrogen (secondary N) is 1. The molecule has 1 atom stereocenters. The lowest BCUT2D eigenvalue weighted by Gasteiger charge is -2.23. The van der Waals surface area contributed by atoms with Crippen molar-refractivity contribution in [2.45, 2.75) is 13.0 Å². The first kappa shape index (κ1) is 12.7. The summed E-state index contributed by atoms with van der Waals surface area (Å²) in [5, 5.41) is 16.8. The first-order valence-electron chi connectivity index (χ1n) is 5.96. The van der Waals surface area contributed by atoms with Gasteiger partial charge < -0.3 is 10.4 Å². The first-order chi connectivity index (χ1) is 9.56. The summed E-state index contributed by atoms with van der Waals surface area (Å²) in [7, 11) is 0. The number of carbonyl (C=O) groups is 1. The molecule has 0 fully saturated rings. The molecular weight excluding hydrogens is 280 g/mol. The number of benzene rings is 1. The highest BCUT2D eigenvalue weighted by atomic mass is 35.5. The molecule has 0 amide bonds. The summed E-state index contributed by atoms with van der Waals surface area (Å²) in [5.74, 6) is -0.0918. The second kappa shape index (κ2) is 4.64. The molecule has 3 rings (SSSR count). The van der Waals surface area contributed by atoms with Crippen LogP contribution in [0, 0.1) is 6.92 Å². The molecule has 0 saturated carbocycles. The Kier molecular flexibility index (Phi) is 2.94. The Morgan fingerprint density at radius 1 is 1.45 bits per heavy atom. The number of allylic oxidation sites excluding steroid dienone is 1. The predicted molar refractivity (Wildman–Crippen MR) is 73.7 cm³/mol. The molecule has 1 aliphatic heterocycles. The fraction of sp³-hybridized carbons (Fsp3) is 0.154. The monoisotopic (exact) mass is 290 g/mol. The molecule has 2 heterocycles. The van der Waals surface area contributed by atoms with Gasteiger partial charge in [0, 0.05) is 5.02 Å². The Morgan fingerprint density at radius 2 is 2.20 bits per heavy atom. The summed E-state index contributed by atoms with van der Waals surface area (Å²) in [5.41, 5.74) is 0.843. The van der Waals surface area contributed by atoms with Crippen molar-refractivity contribution in [3.63, 3.8) is 0 Å². The van der Waals surface area contributed by atoms with Crippen molar-refractivity contribution < 1.29 is 9.90 Å². The van der Waals surface area contributed by atoms with Gasteiger partial charge in [0.15, 0.2) is 0 Å². The second-order valence-electron chi connectivity index (χ2n) is 4.40. The SMILES string of the molecule is Cc1nc2n(n1)[C@H](c1ccccc1Cl)C=C(C(=O)O)N2. The quantitative estimate of drug-likeness (QED) is 0.886. The summed E-state index contributed by atoms with van der Waals surface area (Å²) in [6.07, 6.45) is 1.57. The molecule has 0 bridgehead atoms. The molecule has 0 aliphatic carbocycles. The highest BCUT2D eigenvalue weighted by Crippen LogP contribution is 2.32. The van der Waals surface area contributed by atoms with Gasteiger partial charge >= 0.3 is 5.97 Å². The largest absolute Gasteiger partial charge is 0.477 e. The average Bonchev–Trinajstić information content (AvgIpc) is 2.78. The summed E-state index contributed by atoms with van der Waals surface area (Å²) >= 11 is 6.20. The number of carboxylic acid groups (broad SMARTS) is 1. The molecule has 0 radical (unpaired) electrons. The molecule has 2 aromatic rings. The Balaban J connectivity index is 2.17. The molecule has 20 heavy (non-hydrogen) atoms. The minimum atomic E-state index is -1.05. The summed E-state index contributed by atoms with van der Waals surface area (Å²) in [6, 6.07) is 6.88. The van der Waals surface area contributed by atoms with E-state index in [2.05, 4.69) is 15.4 Å². The van der Waals surface area contributed by atoms with E-state index in [1.165, 1.54) is 0 Å². The van der Waals surface area contributed by atoms with Crippen molar-refractivity contribution in [1.29, 1.82) is 0 Å². The van der Waals surface area contributed by atoms with E-state index in [1.54, 1.807) is 23.7 Å². The van der Waals surface area contributed by atoms with Gasteiger partial charge in [-0.15, -0.1) is 0 Å². The Bertz CT molecular complexity index is 723. The molecular formula is C13H11ClN4O2. The van der Waals surface area contributed by atoms with Crippen LogP contribution in [0.2, 0.25) is 5.02 Å². The van der Waals surface area contributed by atoms with Crippen LogP contribution in [0.3, 0.4) is 0 Å². The van der Waals surface area contributed by atoms with Crippen molar-refractivity contribution >= 4 is 23.5 Å². The van der Waals surface area contributed by atoms with Crippen molar-refractivity contribution in [3.05, 3.63) is 52.4 Å². The van der Waals surface area contributed by atoms with Gasteiger partial charge in [0.05, 0.1) is 0 Å². The molecule has 1 aromatic heterocycles.